The number of benzene rings is 7. The zero-order valence-electron chi connectivity index (χ0n) is 32.0. The van der Waals surface area contributed by atoms with E-state index in [-0.39, 0.29) is 0 Å². The minimum absolute atomic E-state index is 0.413. The average Bonchev–Trinajstić information content (AvgIpc) is 3.57. The van der Waals surface area contributed by atoms with Crippen molar-refractivity contribution in [1.29, 1.82) is 0 Å². The average molecular weight is 761 g/mol. The van der Waals surface area contributed by atoms with Gasteiger partial charge in [-0.05, 0) is 76.1 Å². The standard InChI is InChI=1S/C53H36N4S/c1-33-23-32-40(34(2)54-33)35-24-28-38(29-25-35)51-55-50(37-13-4-3-5-14-37)56-52(57-51)39-30-26-36(27-31-39)41-17-12-21-47-49(41)58-48-22-11-10-20-46(48)53(47)44-18-8-6-15-42(44)43-16-7-9-19-45(43)53/h3-32H,1-2H3. The van der Waals surface area contributed by atoms with Gasteiger partial charge in [-0.3, -0.25) is 4.98 Å². The Bertz CT molecular complexity index is 3000. The first-order valence-corrected chi connectivity index (χ1v) is 20.5. The predicted molar refractivity (Wildman–Crippen MR) is 236 cm³/mol. The van der Waals surface area contributed by atoms with Gasteiger partial charge >= 0.3 is 0 Å². The molecule has 3 heterocycles. The van der Waals surface area contributed by atoms with Crippen molar-refractivity contribution in [3.05, 3.63) is 216 Å². The van der Waals surface area contributed by atoms with Crippen molar-refractivity contribution >= 4 is 11.8 Å². The van der Waals surface area contributed by atoms with E-state index in [1.54, 1.807) is 0 Å². The summed E-state index contributed by atoms with van der Waals surface area (Å²) >= 11 is 1.88. The Kier molecular flexibility index (Phi) is 8.05. The van der Waals surface area contributed by atoms with Crippen LogP contribution in [0.25, 0.3) is 67.5 Å². The van der Waals surface area contributed by atoms with Crippen molar-refractivity contribution in [1.82, 2.24) is 19.9 Å². The quantitative estimate of drug-likeness (QED) is 0.175. The molecule has 0 atom stereocenters. The highest BCUT2D eigenvalue weighted by Crippen LogP contribution is 2.63. The molecule has 0 fully saturated rings. The predicted octanol–water partition coefficient (Wildman–Crippen LogP) is 13.0. The van der Waals surface area contributed by atoms with E-state index in [4.69, 9.17) is 15.0 Å². The molecule has 0 amide bonds. The van der Waals surface area contributed by atoms with Crippen molar-refractivity contribution in [2.24, 2.45) is 0 Å². The number of aryl methyl sites for hydroxylation is 2. The van der Waals surface area contributed by atoms with Crippen molar-refractivity contribution in [2.75, 3.05) is 0 Å². The molecular weight excluding hydrogens is 725 g/mol. The van der Waals surface area contributed by atoms with Crippen LogP contribution in [0, 0.1) is 13.8 Å². The lowest BCUT2D eigenvalue weighted by molar-refractivity contribution is 0.723. The zero-order chi connectivity index (χ0) is 38.8. The smallest absolute Gasteiger partial charge is 0.164 e. The fourth-order valence-corrected chi connectivity index (χ4v) is 10.4. The molecule has 1 spiro atoms. The lowest BCUT2D eigenvalue weighted by Crippen LogP contribution is -2.32. The molecule has 11 rings (SSSR count). The summed E-state index contributed by atoms with van der Waals surface area (Å²) in [6, 6.07) is 65.2. The van der Waals surface area contributed by atoms with E-state index in [0.717, 1.165) is 44.8 Å². The molecule has 274 valence electrons. The Morgan fingerprint density at radius 3 is 1.41 bits per heavy atom. The maximum absolute atomic E-state index is 5.08. The fourth-order valence-electron chi connectivity index (χ4n) is 9.05. The van der Waals surface area contributed by atoms with Crippen LogP contribution in [0.3, 0.4) is 0 Å². The molecule has 0 bridgehead atoms. The monoisotopic (exact) mass is 760 g/mol. The SMILES string of the molecule is Cc1ccc(-c2ccc(-c3nc(-c4ccccc4)nc(-c4ccc(-c5cccc6c5Sc5ccccc5C65c6ccccc6-c6ccccc65)cc4)n3)cc2)c(C)n1. The van der Waals surface area contributed by atoms with Crippen molar-refractivity contribution in [3.63, 3.8) is 0 Å². The van der Waals surface area contributed by atoms with Crippen LogP contribution >= 0.6 is 11.8 Å². The van der Waals surface area contributed by atoms with Gasteiger partial charge < -0.3 is 0 Å². The molecule has 4 nitrogen and oxygen atoms in total. The first kappa shape index (κ1) is 34.3. The number of hydrogen-bond acceptors (Lipinski definition) is 5. The second kappa shape index (κ2) is 13.6. The fraction of sp³-hybridized carbons (Fsp3) is 0.0566. The van der Waals surface area contributed by atoms with Gasteiger partial charge in [0.15, 0.2) is 17.5 Å². The third-order valence-corrected chi connectivity index (χ3v) is 12.9. The van der Waals surface area contributed by atoms with Crippen LogP contribution in [0.5, 0.6) is 0 Å². The molecule has 0 radical (unpaired) electrons. The van der Waals surface area contributed by atoms with Crippen LogP contribution in [0.4, 0.5) is 0 Å². The summed E-state index contributed by atoms with van der Waals surface area (Å²) in [6.45, 7) is 4.08. The molecule has 0 N–H and O–H groups in total. The minimum atomic E-state index is -0.413. The molecule has 0 saturated heterocycles. The second-order valence-corrected chi connectivity index (χ2v) is 16.1. The van der Waals surface area contributed by atoms with Crippen molar-refractivity contribution in [3.8, 4) is 67.5 Å². The molecular formula is C53H36N4S. The van der Waals surface area contributed by atoms with Crippen LogP contribution in [-0.2, 0) is 5.41 Å². The third kappa shape index (κ3) is 5.38. The molecule has 5 heteroatoms. The van der Waals surface area contributed by atoms with E-state index in [9.17, 15) is 0 Å². The second-order valence-electron chi connectivity index (χ2n) is 15.0. The molecule has 9 aromatic rings. The van der Waals surface area contributed by atoms with Gasteiger partial charge in [0.2, 0.25) is 0 Å². The normalized spacial score (nSPS) is 13.1. The molecule has 0 unspecified atom stereocenters. The number of pyridine rings is 1. The molecule has 2 aromatic heterocycles. The molecule has 1 aliphatic heterocycles. The minimum Gasteiger partial charge on any atom is -0.258 e. The van der Waals surface area contributed by atoms with E-state index in [2.05, 4.69) is 164 Å². The highest BCUT2D eigenvalue weighted by molar-refractivity contribution is 7.99. The Balaban J connectivity index is 1.01. The Morgan fingerprint density at radius 2 is 0.810 bits per heavy atom. The molecule has 7 aromatic carbocycles. The molecule has 0 saturated carbocycles. The molecule has 2 aliphatic rings. The van der Waals surface area contributed by atoms with Crippen LogP contribution in [0.15, 0.2) is 192 Å². The Hall–Kier alpha value is -6.95. The number of nitrogens with zero attached hydrogens (tertiary/aromatic N) is 4. The van der Waals surface area contributed by atoms with E-state index < -0.39 is 5.41 Å². The summed E-state index contributed by atoms with van der Waals surface area (Å²) in [5.41, 5.74) is 17.0. The summed E-state index contributed by atoms with van der Waals surface area (Å²) in [5.74, 6) is 1.91. The van der Waals surface area contributed by atoms with Crippen LogP contribution in [0.2, 0.25) is 0 Å². The van der Waals surface area contributed by atoms with Gasteiger partial charge in [0.1, 0.15) is 0 Å². The number of fused-ring (bicyclic) bond motifs is 9. The van der Waals surface area contributed by atoms with Gasteiger partial charge in [-0.15, -0.1) is 0 Å². The largest absolute Gasteiger partial charge is 0.258 e. The van der Waals surface area contributed by atoms with Gasteiger partial charge in [-0.1, -0.05) is 182 Å². The lowest BCUT2D eigenvalue weighted by Gasteiger charge is -2.40. The third-order valence-electron chi connectivity index (χ3n) is 11.7. The van der Waals surface area contributed by atoms with Gasteiger partial charge in [-0.25, -0.2) is 15.0 Å². The summed E-state index contributed by atoms with van der Waals surface area (Å²) in [7, 11) is 0. The van der Waals surface area contributed by atoms with Crippen LogP contribution in [-0.4, -0.2) is 19.9 Å². The lowest BCUT2D eigenvalue weighted by atomic mass is 9.67. The first-order valence-electron chi connectivity index (χ1n) is 19.6. The Labute approximate surface area is 342 Å². The van der Waals surface area contributed by atoms with Gasteiger partial charge in [-0.2, -0.15) is 0 Å². The van der Waals surface area contributed by atoms with E-state index in [1.165, 1.54) is 48.7 Å². The molecule has 58 heavy (non-hydrogen) atoms. The van der Waals surface area contributed by atoms with E-state index >= 15 is 0 Å². The topological polar surface area (TPSA) is 51.6 Å². The van der Waals surface area contributed by atoms with Crippen LogP contribution < -0.4 is 0 Å². The van der Waals surface area contributed by atoms with Gasteiger partial charge in [0, 0.05) is 43.4 Å². The van der Waals surface area contributed by atoms with Crippen molar-refractivity contribution in [2.45, 2.75) is 29.1 Å². The van der Waals surface area contributed by atoms with Gasteiger partial charge in [0.05, 0.1) is 5.41 Å². The Morgan fingerprint density at radius 1 is 0.345 bits per heavy atom. The molecule has 1 aliphatic carbocycles. The zero-order valence-corrected chi connectivity index (χ0v) is 32.8. The highest BCUT2D eigenvalue weighted by atomic mass is 32.2. The maximum atomic E-state index is 5.08. The summed E-state index contributed by atoms with van der Waals surface area (Å²) in [5, 5.41) is 0. The number of aromatic nitrogens is 4. The van der Waals surface area contributed by atoms with Crippen LogP contribution in [0.1, 0.15) is 33.6 Å². The highest BCUT2D eigenvalue weighted by Gasteiger charge is 2.50. The number of rotatable bonds is 5. The van der Waals surface area contributed by atoms with Gasteiger partial charge in [0.25, 0.3) is 0 Å². The first-order chi connectivity index (χ1) is 28.6. The maximum Gasteiger partial charge on any atom is 0.164 e. The van der Waals surface area contributed by atoms with E-state index in [1.807, 2.05) is 49.0 Å². The van der Waals surface area contributed by atoms with E-state index in [0.29, 0.717) is 17.5 Å². The summed E-state index contributed by atoms with van der Waals surface area (Å²) in [6.07, 6.45) is 0. The van der Waals surface area contributed by atoms with Crippen molar-refractivity contribution < 1.29 is 0 Å². The number of hydrogen-bond donors (Lipinski definition) is 0. The summed E-state index contributed by atoms with van der Waals surface area (Å²) in [4.78, 5) is 22.4. The summed E-state index contributed by atoms with van der Waals surface area (Å²) < 4.78 is 0.